The van der Waals surface area contributed by atoms with E-state index in [9.17, 15) is 14.4 Å². The minimum atomic E-state index is -0.435. The van der Waals surface area contributed by atoms with Crippen molar-refractivity contribution < 1.29 is 23.9 Å². The Morgan fingerprint density at radius 3 is 2.58 bits per heavy atom. The van der Waals surface area contributed by atoms with Crippen LogP contribution in [0.4, 0.5) is 0 Å². The summed E-state index contributed by atoms with van der Waals surface area (Å²) in [6, 6.07) is 0. The second-order valence-corrected chi connectivity index (χ2v) is 6.60. The van der Waals surface area contributed by atoms with Crippen molar-refractivity contribution in [3.63, 3.8) is 0 Å². The molecule has 0 radical (unpaired) electrons. The molecule has 1 N–H and O–H groups in total. The molecule has 2 aliphatic heterocycles. The number of esters is 1. The summed E-state index contributed by atoms with van der Waals surface area (Å²) in [4.78, 5) is 38.2. The zero-order chi connectivity index (χ0) is 16.9. The smallest absolute Gasteiger partial charge is 0.310 e. The molecule has 24 heavy (non-hydrogen) atoms. The van der Waals surface area contributed by atoms with E-state index in [4.69, 9.17) is 9.47 Å². The van der Waals surface area contributed by atoms with E-state index in [2.05, 4.69) is 5.32 Å². The highest BCUT2D eigenvalue weighted by Crippen LogP contribution is 2.29. The third kappa shape index (κ3) is 3.95. The summed E-state index contributed by atoms with van der Waals surface area (Å²) in [7, 11) is 0. The number of nitrogens with zero attached hydrogens (tertiary/aromatic N) is 1. The molecule has 7 heteroatoms. The van der Waals surface area contributed by atoms with Crippen molar-refractivity contribution >= 4 is 17.8 Å². The number of hydrogen-bond donors (Lipinski definition) is 1. The van der Waals surface area contributed by atoms with E-state index >= 15 is 0 Å². The zero-order valence-electron chi connectivity index (χ0n) is 13.7. The highest BCUT2D eigenvalue weighted by Gasteiger charge is 2.38. The van der Waals surface area contributed by atoms with Crippen LogP contribution in [0.15, 0.2) is 12.2 Å². The van der Waals surface area contributed by atoms with Gasteiger partial charge in [0.25, 0.3) is 0 Å². The van der Waals surface area contributed by atoms with E-state index in [0.717, 1.165) is 0 Å². The van der Waals surface area contributed by atoms with Gasteiger partial charge in [-0.05, 0) is 12.8 Å². The number of hydrogen-bond acceptors (Lipinski definition) is 5. The summed E-state index contributed by atoms with van der Waals surface area (Å²) in [6.07, 6.45) is 5.40. The number of ether oxygens (including phenoxy) is 2. The Morgan fingerprint density at radius 2 is 1.92 bits per heavy atom. The highest BCUT2D eigenvalue weighted by atomic mass is 16.5. The van der Waals surface area contributed by atoms with E-state index < -0.39 is 5.92 Å². The monoisotopic (exact) mass is 336 g/mol. The lowest BCUT2D eigenvalue weighted by Gasteiger charge is -2.33. The van der Waals surface area contributed by atoms with Crippen molar-refractivity contribution in [1.82, 2.24) is 10.2 Å². The molecule has 7 nitrogen and oxygen atoms in total. The predicted octanol–water partition coefficient (Wildman–Crippen LogP) is 0.107. The van der Waals surface area contributed by atoms with Gasteiger partial charge in [-0.2, -0.15) is 0 Å². The first-order valence-corrected chi connectivity index (χ1v) is 8.60. The van der Waals surface area contributed by atoms with Crippen molar-refractivity contribution in [1.29, 1.82) is 0 Å². The van der Waals surface area contributed by atoms with Gasteiger partial charge in [-0.3, -0.25) is 14.4 Å². The third-order valence-electron chi connectivity index (χ3n) is 4.90. The first kappa shape index (κ1) is 17.0. The van der Waals surface area contributed by atoms with Gasteiger partial charge < -0.3 is 19.7 Å². The molecule has 2 heterocycles. The zero-order valence-corrected chi connectivity index (χ0v) is 13.7. The van der Waals surface area contributed by atoms with Crippen LogP contribution in [0.2, 0.25) is 0 Å². The van der Waals surface area contributed by atoms with Gasteiger partial charge >= 0.3 is 5.97 Å². The van der Waals surface area contributed by atoms with Crippen LogP contribution in [0.5, 0.6) is 0 Å². The van der Waals surface area contributed by atoms with Crippen LogP contribution in [0.1, 0.15) is 19.3 Å². The quantitative estimate of drug-likeness (QED) is 0.582. The van der Waals surface area contributed by atoms with Crippen molar-refractivity contribution in [2.24, 2.45) is 17.8 Å². The molecule has 0 spiro atoms. The average molecular weight is 336 g/mol. The fraction of sp³-hybridized carbons (Fsp3) is 0.706. The minimum Gasteiger partial charge on any atom is -0.465 e. The summed E-state index contributed by atoms with van der Waals surface area (Å²) in [5.74, 6) is -1.07. The van der Waals surface area contributed by atoms with Gasteiger partial charge in [0.2, 0.25) is 11.8 Å². The molecule has 132 valence electrons. The first-order chi connectivity index (χ1) is 11.6. The van der Waals surface area contributed by atoms with Crippen LogP contribution in [-0.4, -0.2) is 62.1 Å². The molecule has 2 fully saturated rings. The molecule has 1 aliphatic carbocycles. The van der Waals surface area contributed by atoms with Gasteiger partial charge in [0.1, 0.15) is 0 Å². The van der Waals surface area contributed by atoms with Crippen LogP contribution in [0.3, 0.4) is 0 Å². The minimum absolute atomic E-state index is 0.00276. The molecule has 3 aliphatic rings. The SMILES string of the molecule is O=C1CC(COC(=O)C2CC=CCC2C(=O)N2CCOCC2)CN1. The van der Waals surface area contributed by atoms with Gasteiger partial charge in [-0.15, -0.1) is 0 Å². The summed E-state index contributed by atoms with van der Waals surface area (Å²) in [5.41, 5.74) is 0. The molecule has 3 unspecified atom stereocenters. The molecule has 0 saturated carbocycles. The second kappa shape index (κ2) is 7.79. The number of nitrogens with one attached hydrogen (secondary N) is 1. The molecule has 3 atom stereocenters. The molecule has 0 aromatic heterocycles. The summed E-state index contributed by atoms with van der Waals surface area (Å²) in [6.45, 7) is 3.04. The Morgan fingerprint density at radius 1 is 1.21 bits per heavy atom. The Hall–Kier alpha value is -1.89. The Bertz CT molecular complexity index is 527. The number of rotatable bonds is 4. The van der Waals surface area contributed by atoms with Gasteiger partial charge in [-0.25, -0.2) is 0 Å². The van der Waals surface area contributed by atoms with Gasteiger partial charge in [0.15, 0.2) is 0 Å². The number of carbonyl (C=O) groups is 3. The van der Waals surface area contributed by atoms with Crippen molar-refractivity contribution in [2.45, 2.75) is 19.3 Å². The van der Waals surface area contributed by atoms with E-state index in [-0.39, 0.29) is 36.2 Å². The Labute approximate surface area is 141 Å². The van der Waals surface area contributed by atoms with E-state index in [0.29, 0.717) is 52.1 Å². The highest BCUT2D eigenvalue weighted by molar-refractivity contribution is 5.86. The molecule has 2 saturated heterocycles. The van der Waals surface area contributed by atoms with Crippen LogP contribution >= 0.6 is 0 Å². The first-order valence-electron chi connectivity index (χ1n) is 8.60. The average Bonchev–Trinajstić information content (AvgIpc) is 3.05. The molecule has 0 bridgehead atoms. The predicted molar refractivity (Wildman–Crippen MR) is 84.8 cm³/mol. The van der Waals surface area contributed by atoms with Gasteiger partial charge in [0, 0.05) is 32.0 Å². The van der Waals surface area contributed by atoms with E-state index in [1.807, 2.05) is 12.2 Å². The van der Waals surface area contributed by atoms with Crippen molar-refractivity contribution in [2.75, 3.05) is 39.5 Å². The van der Waals surface area contributed by atoms with Gasteiger partial charge in [-0.1, -0.05) is 12.2 Å². The molecule has 2 amide bonds. The Balaban J connectivity index is 1.57. The maximum Gasteiger partial charge on any atom is 0.310 e. The number of morpholine rings is 1. The topological polar surface area (TPSA) is 84.9 Å². The molecular weight excluding hydrogens is 312 g/mol. The number of carbonyl (C=O) groups excluding carboxylic acids is 3. The Kier molecular flexibility index (Phi) is 5.50. The lowest BCUT2D eigenvalue weighted by molar-refractivity contribution is -0.157. The number of allylic oxidation sites excluding steroid dienone is 2. The summed E-state index contributed by atoms with van der Waals surface area (Å²) >= 11 is 0. The molecule has 0 aromatic carbocycles. The molecule has 0 aromatic rings. The standard InChI is InChI=1S/C17H24N2O5/c20-15-9-12(10-18-15)11-24-17(22)14-4-2-1-3-13(14)16(21)19-5-7-23-8-6-19/h1-2,12-14H,3-11H2,(H,18,20). The van der Waals surface area contributed by atoms with E-state index in [1.165, 1.54) is 0 Å². The fourth-order valence-electron chi connectivity index (χ4n) is 3.46. The lowest BCUT2D eigenvalue weighted by atomic mass is 9.82. The molecular formula is C17H24N2O5. The van der Waals surface area contributed by atoms with Crippen LogP contribution in [0, 0.1) is 17.8 Å². The lowest BCUT2D eigenvalue weighted by Crippen LogP contribution is -2.47. The number of amides is 2. The van der Waals surface area contributed by atoms with Gasteiger partial charge in [0.05, 0.1) is 31.7 Å². The maximum atomic E-state index is 12.7. The van der Waals surface area contributed by atoms with E-state index in [1.54, 1.807) is 4.90 Å². The van der Waals surface area contributed by atoms with Crippen LogP contribution in [0.25, 0.3) is 0 Å². The third-order valence-corrected chi connectivity index (χ3v) is 4.90. The van der Waals surface area contributed by atoms with Crippen LogP contribution < -0.4 is 5.32 Å². The summed E-state index contributed by atoms with van der Waals surface area (Å²) in [5, 5.41) is 2.73. The fourth-order valence-corrected chi connectivity index (χ4v) is 3.46. The summed E-state index contributed by atoms with van der Waals surface area (Å²) < 4.78 is 10.7. The van der Waals surface area contributed by atoms with Crippen molar-refractivity contribution in [3.8, 4) is 0 Å². The maximum absolute atomic E-state index is 12.7. The second-order valence-electron chi connectivity index (χ2n) is 6.60. The largest absolute Gasteiger partial charge is 0.465 e. The van der Waals surface area contributed by atoms with Crippen LogP contribution in [-0.2, 0) is 23.9 Å². The molecule has 3 rings (SSSR count). The van der Waals surface area contributed by atoms with Crippen molar-refractivity contribution in [3.05, 3.63) is 12.2 Å². The normalized spacial score (nSPS) is 30.1.